The Balaban J connectivity index is 2.82. The van der Waals surface area contributed by atoms with Crippen LogP contribution in [0.3, 0.4) is 0 Å². The van der Waals surface area contributed by atoms with Gasteiger partial charge in [0.2, 0.25) is 0 Å². The number of nitrogens with zero attached hydrogens (tertiary/aromatic N) is 1. The van der Waals surface area contributed by atoms with Gasteiger partial charge in [-0.05, 0) is 57.5 Å². The number of esters is 2. The topological polar surface area (TPSA) is 124 Å². The summed E-state index contributed by atoms with van der Waals surface area (Å²) in [6.07, 6.45) is 0.584. The summed E-state index contributed by atoms with van der Waals surface area (Å²) in [5, 5.41) is 12.5. The van der Waals surface area contributed by atoms with Crippen molar-refractivity contribution in [2.45, 2.75) is 91.3 Å². The number of aryl methyl sites for hydroxylation is 1. The van der Waals surface area contributed by atoms with Crippen LogP contribution in [0, 0.1) is 6.92 Å². The maximum atomic E-state index is 12.6. The van der Waals surface area contributed by atoms with E-state index in [1.807, 2.05) is 0 Å². The Kier molecular flexibility index (Phi) is 10.0. The fourth-order valence-electron chi connectivity index (χ4n) is 2.62. The summed E-state index contributed by atoms with van der Waals surface area (Å²) >= 11 is 0. The minimum atomic E-state index is -2.05. The van der Waals surface area contributed by atoms with Crippen LogP contribution in [0.1, 0.15) is 64.0 Å². The van der Waals surface area contributed by atoms with Gasteiger partial charge >= 0.3 is 11.9 Å². The highest BCUT2D eigenvalue weighted by Gasteiger charge is 2.38. The Morgan fingerprint density at radius 2 is 1.79 bits per heavy atom. The molecule has 0 spiro atoms. The van der Waals surface area contributed by atoms with E-state index in [1.54, 1.807) is 33.8 Å². The smallest absolute Gasteiger partial charge is 0.332 e. The van der Waals surface area contributed by atoms with Crippen LogP contribution in [0.15, 0.2) is 12.3 Å². The van der Waals surface area contributed by atoms with Gasteiger partial charge in [-0.2, -0.15) is 0 Å². The molecule has 1 aromatic rings. The average molecular weight is 483 g/mol. The zero-order chi connectivity index (χ0) is 25.6. The van der Waals surface area contributed by atoms with Crippen LogP contribution in [0.4, 0.5) is 0 Å². The van der Waals surface area contributed by atoms with Gasteiger partial charge in [-0.1, -0.05) is 20.8 Å². The van der Waals surface area contributed by atoms with E-state index >= 15 is 0 Å². The number of ether oxygens (including phenoxy) is 2. The van der Waals surface area contributed by atoms with Crippen molar-refractivity contribution in [1.82, 2.24) is 10.3 Å². The molecule has 0 saturated carbocycles. The van der Waals surface area contributed by atoms with Crippen molar-refractivity contribution in [2.75, 3.05) is 6.61 Å². The number of rotatable bonds is 10. The minimum absolute atomic E-state index is 0.00344. The summed E-state index contributed by atoms with van der Waals surface area (Å²) in [5.74, 6) is -2.40. The maximum Gasteiger partial charge on any atom is 0.332 e. The molecule has 0 bridgehead atoms. The summed E-state index contributed by atoms with van der Waals surface area (Å²) in [7, 11) is -2.05. The second-order valence-corrected chi connectivity index (χ2v) is 14.7. The Labute approximate surface area is 197 Å². The molecule has 2 N–H and O–H groups in total. The predicted molar refractivity (Wildman–Crippen MR) is 126 cm³/mol. The van der Waals surface area contributed by atoms with E-state index < -0.39 is 44.9 Å². The number of hydrogen-bond donors (Lipinski definition) is 2. The first kappa shape index (κ1) is 28.6. The number of pyridine rings is 1. The quantitative estimate of drug-likeness (QED) is 0.384. The second kappa shape index (κ2) is 11.6. The standard InChI is InChI=1S/C23H38N2O7Si/c1-14(2)31-22(29)17(25-21(28)19-20(27)15(3)10-11-24-19)13-30-18(26)12-16(4)32-33(8,9)23(5,6)7/h10-11,14,16-17,27H,12-13H2,1-9H3,(H,25,28). The Bertz CT molecular complexity index is 850. The van der Waals surface area contributed by atoms with Gasteiger partial charge in [0, 0.05) is 6.20 Å². The van der Waals surface area contributed by atoms with Crippen LogP contribution < -0.4 is 5.32 Å². The van der Waals surface area contributed by atoms with Crippen LogP contribution in [-0.2, 0) is 23.5 Å². The highest BCUT2D eigenvalue weighted by Crippen LogP contribution is 2.37. The van der Waals surface area contributed by atoms with Crippen molar-refractivity contribution in [3.8, 4) is 5.75 Å². The minimum Gasteiger partial charge on any atom is -0.505 e. The molecule has 0 aromatic carbocycles. The van der Waals surface area contributed by atoms with Crippen molar-refractivity contribution >= 4 is 26.2 Å². The number of aromatic nitrogens is 1. The summed E-state index contributed by atoms with van der Waals surface area (Å²) in [4.78, 5) is 41.3. The van der Waals surface area contributed by atoms with Crippen LogP contribution in [0.25, 0.3) is 0 Å². The average Bonchev–Trinajstić information content (AvgIpc) is 2.64. The number of carbonyl (C=O) groups excluding carboxylic acids is 3. The van der Waals surface area contributed by atoms with Crippen molar-refractivity contribution < 1.29 is 33.4 Å². The highest BCUT2D eigenvalue weighted by molar-refractivity contribution is 6.74. The van der Waals surface area contributed by atoms with Gasteiger partial charge in [-0.25, -0.2) is 9.78 Å². The van der Waals surface area contributed by atoms with Crippen molar-refractivity contribution in [2.24, 2.45) is 0 Å². The first-order chi connectivity index (χ1) is 15.0. The molecule has 0 radical (unpaired) electrons. The Morgan fingerprint density at radius 1 is 1.18 bits per heavy atom. The third-order valence-corrected chi connectivity index (χ3v) is 10.1. The molecule has 10 heteroatoms. The molecule has 0 fully saturated rings. The monoisotopic (exact) mass is 482 g/mol. The first-order valence-corrected chi connectivity index (χ1v) is 13.9. The van der Waals surface area contributed by atoms with E-state index in [9.17, 15) is 19.5 Å². The zero-order valence-electron chi connectivity index (χ0n) is 21.1. The van der Waals surface area contributed by atoms with E-state index in [0.29, 0.717) is 5.56 Å². The van der Waals surface area contributed by atoms with Crippen molar-refractivity contribution in [1.29, 1.82) is 0 Å². The molecule has 1 heterocycles. The largest absolute Gasteiger partial charge is 0.505 e. The summed E-state index contributed by atoms with van der Waals surface area (Å²) in [6, 6.07) is 0.285. The fraction of sp³-hybridized carbons (Fsp3) is 0.652. The lowest BCUT2D eigenvalue weighted by molar-refractivity contribution is -0.155. The molecule has 0 saturated heterocycles. The zero-order valence-corrected chi connectivity index (χ0v) is 22.1. The molecule has 1 aromatic heterocycles. The lowest BCUT2D eigenvalue weighted by Crippen LogP contribution is -2.46. The number of hydrogen-bond acceptors (Lipinski definition) is 8. The Morgan fingerprint density at radius 3 is 2.33 bits per heavy atom. The number of aromatic hydroxyl groups is 1. The molecule has 0 aliphatic rings. The lowest BCUT2D eigenvalue weighted by Gasteiger charge is -2.38. The number of carbonyl (C=O) groups is 3. The molecule has 0 aliphatic heterocycles. The van der Waals surface area contributed by atoms with Gasteiger partial charge in [0.25, 0.3) is 5.91 Å². The maximum absolute atomic E-state index is 12.6. The lowest BCUT2D eigenvalue weighted by atomic mass is 10.2. The molecule has 33 heavy (non-hydrogen) atoms. The number of nitrogens with one attached hydrogen (secondary N) is 1. The van der Waals surface area contributed by atoms with Crippen LogP contribution >= 0.6 is 0 Å². The molecule has 2 unspecified atom stereocenters. The second-order valence-electron chi connectivity index (χ2n) is 9.91. The molecule has 2 atom stereocenters. The fourth-order valence-corrected chi connectivity index (χ4v) is 4.06. The third-order valence-electron chi connectivity index (χ3n) is 5.45. The van der Waals surface area contributed by atoms with Gasteiger partial charge in [0.1, 0.15) is 12.4 Å². The van der Waals surface area contributed by atoms with Gasteiger partial charge in [0.15, 0.2) is 20.1 Å². The van der Waals surface area contributed by atoms with Gasteiger partial charge < -0.3 is 24.3 Å². The predicted octanol–water partition coefficient (Wildman–Crippen LogP) is 3.49. The third kappa shape index (κ3) is 8.77. The van der Waals surface area contributed by atoms with Crippen molar-refractivity contribution in [3.63, 3.8) is 0 Å². The van der Waals surface area contributed by atoms with Crippen LogP contribution in [0.2, 0.25) is 18.1 Å². The number of amides is 1. The molecular formula is C23H38N2O7Si. The van der Waals surface area contributed by atoms with Gasteiger partial charge in [-0.15, -0.1) is 0 Å². The molecule has 186 valence electrons. The van der Waals surface area contributed by atoms with Gasteiger partial charge in [-0.3, -0.25) is 9.59 Å². The van der Waals surface area contributed by atoms with Gasteiger partial charge in [0.05, 0.1) is 18.6 Å². The first-order valence-electron chi connectivity index (χ1n) is 11.0. The van der Waals surface area contributed by atoms with Crippen molar-refractivity contribution in [3.05, 3.63) is 23.5 Å². The SMILES string of the molecule is Cc1ccnc(C(=O)NC(COC(=O)CC(C)O[Si](C)(C)C(C)(C)C)C(=O)OC(C)C)c1O. The summed E-state index contributed by atoms with van der Waals surface area (Å²) in [6.45, 7) is 16.8. The van der Waals surface area contributed by atoms with E-state index in [0.717, 1.165) is 0 Å². The highest BCUT2D eigenvalue weighted by atomic mass is 28.4. The summed E-state index contributed by atoms with van der Waals surface area (Å²) < 4.78 is 16.6. The van der Waals surface area contributed by atoms with E-state index in [4.69, 9.17) is 13.9 Å². The Hall–Kier alpha value is -2.46. The molecule has 1 amide bonds. The van der Waals surface area contributed by atoms with Crippen LogP contribution in [-0.4, -0.2) is 61.1 Å². The van der Waals surface area contributed by atoms with E-state index in [1.165, 1.54) is 6.20 Å². The van der Waals surface area contributed by atoms with E-state index in [2.05, 4.69) is 44.2 Å². The molecule has 0 aliphatic carbocycles. The molecular weight excluding hydrogens is 444 g/mol. The summed E-state index contributed by atoms with van der Waals surface area (Å²) in [5.41, 5.74) is 0.221. The molecule has 1 rings (SSSR count). The molecule has 9 nitrogen and oxygen atoms in total. The van der Waals surface area contributed by atoms with E-state index in [-0.39, 0.29) is 29.0 Å². The van der Waals surface area contributed by atoms with Crippen LogP contribution in [0.5, 0.6) is 5.75 Å². The normalized spacial score (nSPS) is 13.9.